The Bertz CT molecular complexity index is 1070. The van der Waals surface area contributed by atoms with E-state index in [-0.39, 0.29) is 29.8 Å². The van der Waals surface area contributed by atoms with Gasteiger partial charge >= 0.3 is 0 Å². The van der Waals surface area contributed by atoms with E-state index in [0.29, 0.717) is 30.3 Å². The average Bonchev–Trinajstić information content (AvgIpc) is 3.34. The van der Waals surface area contributed by atoms with Gasteiger partial charge in [-0.1, -0.05) is 19.3 Å². The van der Waals surface area contributed by atoms with Gasteiger partial charge in [-0.2, -0.15) is 0 Å². The summed E-state index contributed by atoms with van der Waals surface area (Å²) >= 11 is 0. The number of hydrogen-bond acceptors (Lipinski definition) is 7. The molecule has 5 rings (SSSR count). The van der Waals surface area contributed by atoms with Crippen LogP contribution in [0.5, 0.6) is 0 Å². The molecule has 1 aliphatic carbocycles. The fourth-order valence-corrected chi connectivity index (χ4v) is 5.85. The number of fused-ring (bicyclic) bond motifs is 1. The molecule has 3 aliphatic rings. The topological polar surface area (TPSA) is 121 Å². The fraction of sp³-hybridized carbons (Fsp3) is 0.615. The van der Waals surface area contributed by atoms with Gasteiger partial charge in [-0.05, 0) is 37.9 Å². The van der Waals surface area contributed by atoms with E-state index >= 15 is 0 Å². The van der Waals surface area contributed by atoms with E-state index < -0.39 is 0 Å². The normalized spacial score (nSPS) is 22.6. The van der Waals surface area contributed by atoms with Crippen LogP contribution in [0.25, 0.3) is 11.3 Å². The van der Waals surface area contributed by atoms with Gasteiger partial charge in [0.2, 0.25) is 11.9 Å². The number of aromatic nitrogens is 3. The first-order valence-electron chi connectivity index (χ1n) is 13.3. The van der Waals surface area contributed by atoms with E-state index in [2.05, 4.69) is 37.4 Å². The number of nitrogen functional groups attached to an aromatic ring is 1. The SMILES string of the molecule is CN1CCN(C[C@@H](NC(=O)C[C@@H]2CNC(=O)c3cc(-c4ccnc(N)n4)cn32)C2CCCCC2)CC1. The van der Waals surface area contributed by atoms with Crippen LogP contribution in [0.2, 0.25) is 0 Å². The van der Waals surface area contributed by atoms with Gasteiger partial charge < -0.3 is 25.8 Å². The van der Waals surface area contributed by atoms with Crippen molar-refractivity contribution in [2.75, 3.05) is 52.0 Å². The van der Waals surface area contributed by atoms with Crippen LogP contribution in [0.4, 0.5) is 5.95 Å². The minimum atomic E-state index is -0.152. The van der Waals surface area contributed by atoms with Crippen molar-refractivity contribution in [2.24, 2.45) is 5.92 Å². The first-order valence-corrected chi connectivity index (χ1v) is 13.3. The molecule has 36 heavy (non-hydrogen) atoms. The summed E-state index contributed by atoms with van der Waals surface area (Å²) in [6.45, 7) is 5.58. The van der Waals surface area contributed by atoms with Crippen LogP contribution in [-0.4, -0.2) is 88.5 Å². The standard InChI is InChI=1S/C26H38N8O2/c1-32-9-11-33(12-10-32)17-22(18-5-3-2-4-6-18)30-24(35)14-20-15-29-25(36)23-13-19(16-34(20)23)21-7-8-28-26(27)31-21/h7-8,13,16,18,20,22H,2-6,9-12,14-15,17H2,1H3,(H,29,36)(H,30,35)(H2,27,28,31)/t20-,22-/m1/s1. The van der Waals surface area contributed by atoms with Crippen LogP contribution in [0, 0.1) is 5.92 Å². The molecule has 2 aromatic heterocycles. The van der Waals surface area contributed by atoms with Gasteiger partial charge in [0.15, 0.2) is 0 Å². The van der Waals surface area contributed by atoms with E-state index in [4.69, 9.17) is 5.73 Å². The minimum Gasteiger partial charge on any atom is -0.368 e. The lowest BCUT2D eigenvalue weighted by Crippen LogP contribution is -2.53. The van der Waals surface area contributed by atoms with E-state index in [1.807, 2.05) is 10.8 Å². The highest BCUT2D eigenvalue weighted by molar-refractivity contribution is 5.95. The van der Waals surface area contributed by atoms with Crippen molar-refractivity contribution >= 4 is 17.8 Å². The molecular formula is C26H38N8O2. The maximum Gasteiger partial charge on any atom is 0.268 e. The van der Waals surface area contributed by atoms with Crippen LogP contribution in [0.3, 0.4) is 0 Å². The zero-order valence-corrected chi connectivity index (χ0v) is 21.2. The van der Waals surface area contributed by atoms with Crippen molar-refractivity contribution < 1.29 is 9.59 Å². The van der Waals surface area contributed by atoms with Crippen molar-refractivity contribution in [3.8, 4) is 11.3 Å². The van der Waals surface area contributed by atoms with Crippen molar-refractivity contribution in [3.05, 3.63) is 30.2 Å². The summed E-state index contributed by atoms with van der Waals surface area (Å²) < 4.78 is 1.92. The van der Waals surface area contributed by atoms with Crippen molar-refractivity contribution in [2.45, 2.75) is 50.6 Å². The Kier molecular flexibility index (Phi) is 7.52. The van der Waals surface area contributed by atoms with Gasteiger partial charge in [0, 0.05) is 69.7 Å². The van der Waals surface area contributed by atoms with Crippen molar-refractivity contribution in [1.29, 1.82) is 0 Å². The van der Waals surface area contributed by atoms with E-state index in [0.717, 1.165) is 38.3 Å². The summed E-state index contributed by atoms with van der Waals surface area (Å²) in [5.74, 6) is 0.625. The second-order valence-electron chi connectivity index (χ2n) is 10.6. The number of nitrogens with zero attached hydrogens (tertiary/aromatic N) is 5. The molecule has 2 fully saturated rings. The van der Waals surface area contributed by atoms with Crippen molar-refractivity contribution in [3.63, 3.8) is 0 Å². The largest absolute Gasteiger partial charge is 0.368 e. The van der Waals surface area contributed by atoms with Gasteiger partial charge in [-0.15, -0.1) is 0 Å². The second kappa shape index (κ2) is 11.0. The quantitative estimate of drug-likeness (QED) is 0.533. The number of likely N-dealkylation sites (N-methyl/N-ethyl adjacent to an activating group) is 1. The highest BCUT2D eigenvalue weighted by atomic mass is 16.2. The Labute approximate surface area is 212 Å². The molecule has 0 unspecified atom stereocenters. The number of carbonyl (C=O) groups excluding carboxylic acids is 2. The van der Waals surface area contributed by atoms with Crippen LogP contribution < -0.4 is 16.4 Å². The summed E-state index contributed by atoms with van der Waals surface area (Å²) in [5.41, 5.74) is 7.73. The second-order valence-corrected chi connectivity index (χ2v) is 10.6. The monoisotopic (exact) mass is 494 g/mol. The third-order valence-corrected chi connectivity index (χ3v) is 7.98. The number of anilines is 1. The molecule has 0 aromatic carbocycles. The van der Waals surface area contributed by atoms with E-state index in [9.17, 15) is 9.59 Å². The van der Waals surface area contributed by atoms with Crippen LogP contribution in [0.1, 0.15) is 55.1 Å². The highest BCUT2D eigenvalue weighted by Crippen LogP contribution is 2.29. The number of piperazine rings is 1. The molecule has 194 valence electrons. The zero-order valence-electron chi connectivity index (χ0n) is 21.2. The molecule has 1 saturated carbocycles. The molecular weight excluding hydrogens is 456 g/mol. The van der Waals surface area contributed by atoms with Crippen LogP contribution in [-0.2, 0) is 4.79 Å². The fourth-order valence-electron chi connectivity index (χ4n) is 5.85. The minimum absolute atomic E-state index is 0.0494. The molecule has 4 N–H and O–H groups in total. The van der Waals surface area contributed by atoms with Gasteiger partial charge in [-0.25, -0.2) is 9.97 Å². The number of hydrogen-bond donors (Lipinski definition) is 3. The highest BCUT2D eigenvalue weighted by Gasteiger charge is 2.31. The van der Waals surface area contributed by atoms with Gasteiger partial charge in [-0.3, -0.25) is 14.5 Å². The Morgan fingerprint density at radius 1 is 1.22 bits per heavy atom. The number of amides is 2. The predicted molar refractivity (Wildman–Crippen MR) is 138 cm³/mol. The maximum absolute atomic E-state index is 13.4. The number of nitrogens with two attached hydrogens (primary N) is 1. The average molecular weight is 495 g/mol. The lowest BCUT2D eigenvalue weighted by Gasteiger charge is -2.38. The molecule has 0 radical (unpaired) electrons. The van der Waals surface area contributed by atoms with Gasteiger partial charge in [0.1, 0.15) is 5.69 Å². The Balaban J connectivity index is 1.28. The third kappa shape index (κ3) is 5.70. The molecule has 0 spiro atoms. The molecule has 10 heteroatoms. The first kappa shape index (κ1) is 24.7. The van der Waals surface area contributed by atoms with Gasteiger partial charge in [0.05, 0.1) is 11.7 Å². The number of nitrogens with one attached hydrogen (secondary N) is 2. The molecule has 10 nitrogen and oxygen atoms in total. The summed E-state index contributed by atoms with van der Waals surface area (Å²) in [6, 6.07) is 3.59. The molecule has 2 amide bonds. The lowest BCUT2D eigenvalue weighted by molar-refractivity contribution is -0.123. The maximum atomic E-state index is 13.4. The molecule has 2 aromatic rings. The van der Waals surface area contributed by atoms with Crippen LogP contribution in [0.15, 0.2) is 24.5 Å². The summed E-state index contributed by atoms with van der Waals surface area (Å²) in [5, 5.41) is 6.37. The number of carbonyl (C=O) groups is 2. The lowest BCUT2D eigenvalue weighted by atomic mass is 9.83. The van der Waals surface area contributed by atoms with Crippen molar-refractivity contribution in [1.82, 2.24) is 35.0 Å². The molecule has 4 heterocycles. The Morgan fingerprint density at radius 3 is 2.75 bits per heavy atom. The summed E-state index contributed by atoms with van der Waals surface area (Å²) in [7, 11) is 2.17. The summed E-state index contributed by atoms with van der Waals surface area (Å²) in [6.07, 6.45) is 9.98. The molecule has 2 atom stereocenters. The third-order valence-electron chi connectivity index (χ3n) is 7.98. The van der Waals surface area contributed by atoms with E-state index in [1.54, 1.807) is 18.3 Å². The van der Waals surface area contributed by atoms with Crippen LogP contribution >= 0.6 is 0 Å². The predicted octanol–water partition coefficient (Wildman–Crippen LogP) is 1.51. The van der Waals surface area contributed by atoms with E-state index in [1.165, 1.54) is 32.1 Å². The molecule has 2 aliphatic heterocycles. The van der Waals surface area contributed by atoms with Gasteiger partial charge in [0.25, 0.3) is 5.91 Å². The zero-order chi connectivity index (χ0) is 25.1. The Morgan fingerprint density at radius 2 is 2.00 bits per heavy atom. The smallest absolute Gasteiger partial charge is 0.268 e. The molecule has 1 saturated heterocycles. The number of rotatable bonds is 7. The first-order chi connectivity index (χ1) is 17.5. The molecule has 0 bridgehead atoms. The summed E-state index contributed by atoms with van der Waals surface area (Å²) in [4.78, 5) is 39.0. The Hall–Kier alpha value is -2.98.